The Bertz CT molecular complexity index is 2600. The Morgan fingerprint density at radius 1 is 0.528 bits per heavy atom. The average Bonchev–Trinajstić information content (AvgIpc) is 4.24. The number of para-hydroxylation sites is 1. The Hall–Kier alpha value is -5.72. The number of nitrogens with zero attached hydrogens (tertiary/aromatic N) is 6. The Balaban J connectivity index is 1.25. The minimum absolute atomic E-state index is 0.518. The van der Waals surface area contributed by atoms with Crippen LogP contribution in [0.3, 0.4) is 0 Å². The van der Waals surface area contributed by atoms with Crippen molar-refractivity contribution in [3.63, 3.8) is 0 Å². The summed E-state index contributed by atoms with van der Waals surface area (Å²) in [7, 11) is 0. The number of hydrogen-bond acceptors (Lipinski definition) is 11. The van der Waals surface area contributed by atoms with Crippen LogP contribution in [0.25, 0.3) is 11.1 Å². The number of rotatable bonds is 29. The van der Waals surface area contributed by atoms with Crippen LogP contribution < -0.4 is 25.7 Å². The van der Waals surface area contributed by atoms with Gasteiger partial charge in [0.1, 0.15) is 5.75 Å². The van der Waals surface area contributed by atoms with E-state index in [1.165, 1.54) is 51.4 Å². The average molecular weight is 975 g/mol. The lowest BCUT2D eigenvalue weighted by Gasteiger charge is -2.36. The van der Waals surface area contributed by atoms with Gasteiger partial charge in [-0.15, -0.1) is 0 Å². The molecular weight excluding hydrogens is 893 g/mol. The molecule has 2 atom stereocenters. The van der Waals surface area contributed by atoms with Gasteiger partial charge in [-0.2, -0.15) is 0 Å². The van der Waals surface area contributed by atoms with Crippen molar-refractivity contribution in [2.45, 2.75) is 143 Å². The maximum Gasteiger partial charge on any atom is 0.171 e. The molecule has 0 saturated carbocycles. The zero-order valence-electron chi connectivity index (χ0n) is 44.5. The van der Waals surface area contributed by atoms with Crippen LogP contribution in [-0.4, -0.2) is 90.0 Å². The maximum atomic E-state index is 7.30. The smallest absolute Gasteiger partial charge is 0.171 e. The first-order chi connectivity index (χ1) is 35.0. The highest BCUT2D eigenvalue weighted by molar-refractivity contribution is 6.34. The van der Waals surface area contributed by atoms with Crippen molar-refractivity contribution in [3.8, 4) is 17.2 Å². The van der Waals surface area contributed by atoms with E-state index in [-0.39, 0.29) is 0 Å². The third-order valence-corrected chi connectivity index (χ3v) is 14.5. The van der Waals surface area contributed by atoms with E-state index in [0.717, 1.165) is 119 Å². The van der Waals surface area contributed by atoms with Gasteiger partial charge in [0.25, 0.3) is 0 Å². The molecule has 4 N–H and O–H groups in total. The molecular formula is C61H82N8O3. The van der Waals surface area contributed by atoms with Crippen molar-refractivity contribution in [2.24, 2.45) is 31.4 Å². The van der Waals surface area contributed by atoms with Crippen LogP contribution in [0.1, 0.15) is 143 Å². The quantitative estimate of drug-likeness (QED) is 0.0612. The zero-order valence-corrected chi connectivity index (χ0v) is 44.5. The Morgan fingerprint density at radius 2 is 1.06 bits per heavy atom. The Kier molecular flexibility index (Phi) is 19.7. The normalized spacial score (nSPS) is 17.6. The number of hydrogen-bond donors (Lipinski definition) is 2. The number of aliphatic imine (C=N–C) groups is 4. The number of nitrogens with two attached hydrogens (primary N) is 2. The number of ether oxygens (including phenoxy) is 3. The van der Waals surface area contributed by atoms with E-state index in [1.807, 2.05) is 66.8 Å². The molecule has 0 radical (unpaired) electrons. The van der Waals surface area contributed by atoms with Gasteiger partial charge >= 0.3 is 0 Å². The monoisotopic (exact) mass is 975 g/mol. The molecule has 0 amide bonds. The van der Waals surface area contributed by atoms with Gasteiger partial charge in [-0.1, -0.05) is 124 Å². The van der Waals surface area contributed by atoms with Gasteiger partial charge in [-0.25, -0.2) is 20.0 Å². The molecule has 0 saturated heterocycles. The topological polar surface area (TPSA) is 136 Å². The molecule has 5 aliphatic rings. The second-order valence-corrected chi connectivity index (χ2v) is 19.5. The summed E-state index contributed by atoms with van der Waals surface area (Å²) in [5.74, 6) is 1.89. The van der Waals surface area contributed by atoms with Gasteiger partial charge < -0.3 is 24.0 Å². The first kappa shape index (κ1) is 54.1. The zero-order chi connectivity index (χ0) is 50.9. The molecule has 0 spiro atoms. The van der Waals surface area contributed by atoms with Crippen LogP contribution in [0.4, 0.5) is 0 Å². The summed E-state index contributed by atoms with van der Waals surface area (Å²) in [4.78, 5) is 25.7. The summed E-state index contributed by atoms with van der Waals surface area (Å²) in [6.07, 6.45) is 34.3. The second kappa shape index (κ2) is 26.3. The maximum absolute atomic E-state index is 7.30. The lowest BCUT2D eigenvalue weighted by Crippen LogP contribution is -2.49. The predicted molar refractivity (Wildman–Crippen MR) is 302 cm³/mol. The molecule has 0 fully saturated rings. The molecule has 2 aromatic rings. The number of fused-ring (bicyclic) bond motifs is 4. The SMILES string of the molecule is CCCCCCCCCCCOc1cccc(C2=C3C=CC(=N3)C=C3C=CC(=N3)C(c3cccc(OC(N)(CC)CCN(CC)CC)c3OC(N)(CC)CCN(CC)CC)=C3C=CC(=N3)C=C3C=CC2=N3)c1. The van der Waals surface area contributed by atoms with Crippen molar-refractivity contribution in [3.05, 3.63) is 137 Å². The second-order valence-electron chi connectivity index (χ2n) is 19.5. The van der Waals surface area contributed by atoms with Gasteiger partial charge in [-0.3, -0.25) is 11.5 Å². The summed E-state index contributed by atoms with van der Waals surface area (Å²) in [5, 5.41) is 0. The van der Waals surface area contributed by atoms with E-state index in [1.54, 1.807) is 0 Å². The van der Waals surface area contributed by atoms with Crippen molar-refractivity contribution in [2.75, 3.05) is 45.9 Å². The summed E-state index contributed by atoms with van der Waals surface area (Å²) < 4.78 is 20.5. The third-order valence-electron chi connectivity index (χ3n) is 14.5. The minimum atomic E-state index is -1.02. The number of benzene rings is 2. The van der Waals surface area contributed by atoms with Gasteiger partial charge in [0, 0.05) is 42.6 Å². The molecule has 0 aromatic heterocycles. The fraction of sp³-hybridized carbons (Fsp3) is 0.475. The van der Waals surface area contributed by atoms with Gasteiger partial charge in [0.15, 0.2) is 22.9 Å². The van der Waals surface area contributed by atoms with Crippen molar-refractivity contribution in [1.82, 2.24) is 9.80 Å². The fourth-order valence-corrected chi connectivity index (χ4v) is 9.57. The molecule has 5 aliphatic heterocycles. The van der Waals surface area contributed by atoms with Gasteiger partial charge in [0.05, 0.1) is 52.2 Å². The minimum Gasteiger partial charge on any atom is -0.494 e. The molecule has 2 unspecified atom stereocenters. The molecule has 7 rings (SSSR count). The molecule has 8 bridgehead atoms. The molecule has 5 heterocycles. The summed E-state index contributed by atoms with van der Waals surface area (Å²) in [6, 6.07) is 14.3. The number of allylic oxidation sites excluding steroid dienone is 12. The molecule has 384 valence electrons. The van der Waals surface area contributed by atoms with E-state index >= 15 is 0 Å². The van der Waals surface area contributed by atoms with Crippen LogP contribution in [0.5, 0.6) is 17.2 Å². The van der Waals surface area contributed by atoms with Crippen molar-refractivity contribution < 1.29 is 14.2 Å². The summed E-state index contributed by atoms with van der Waals surface area (Å²) in [6.45, 7) is 21.1. The predicted octanol–water partition coefficient (Wildman–Crippen LogP) is 12.9. The Morgan fingerprint density at radius 3 is 1.62 bits per heavy atom. The first-order valence-electron chi connectivity index (χ1n) is 27.3. The number of unbranched alkanes of at least 4 members (excludes halogenated alkanes) is 8. The standard InChI is InChI=1S/C61H82N8O3/c1-8-15-16-17-18-19-20-21-22-41-70-50-26-23-25-45(42-50)57-52-33-29-46(64-52)43-48-31-35-54(66-48)58(55-36-32-49(67-55)44-47-30-34-53(57)65-47)51-27-24-28-56(71-60(62,9-2)37-39-68(11-4)12-5)59(51)72-61(63,10-3)38-40-69(13-6)14-7/h23-36,42-44H,8-22,37-41,62-63H2,1-7H3. The highest BCUT2D eigenvalue weighted by Gasteiger charge is 2.34. The van der Waals surface area contributed by atoms with Gasteiger partial charge in [0.2, 0.25) is 0 Å². The van der Waals surface area contributed by atoms with Gasteiger partial charge in [-0.05, 0) is 130 Å². The van der Waals surface area contributed by atoms with Crippen LogP contribution in [0.15, 0.2) is 146 Å². The lowest BCUT2D eigenvalue weighted by atomic mass is 9.96. The fourth-order valence-electron chi connectivity index (χ4n) is 9.57. The summed E-state index contributed by atoms with van der Waals surface area (Å²) in [5.41, 5.74) is 22.2. The third kappa shape index (κ3) is 14.3. The van der Waals surface area contributed by atoms with E-state index in [4.69, 9.17) is 45.6 Å². The Labute approximate surface area is 431 Å². The van der Waals surface area contributed by atoms with Crippen LogP contribution in [0.2, 0.25) is 0 Å². The highest BCUT2D eigenvalue weighted by atomic mass is 16.6. The molecule has 2 aromatic carbocycles. The highest BCUT2D eigenvalue weighted by Crippen LogP contribution is 2.43. The largest absolute Gasteiger partial charge is 0.494 e. The molecule has 11 nitrogen and oxygen atoms in total. The van der Waals surface area contributed by atoms with Crippen molar-refractivity contribution >= 4 is 34.0 Å². The van der Waals surface area contributed by atoms with E-state index in [0.29, 0.717) is 43.8 Å². The van der Waals surface area contributed by atoms with E-state index in [2.05, 4.69) is 94.7 Å². The summed E-state index contributed by atoms with van der Waals surface area (Å²) >= 11 is 0. The van der Waals surface area contributed by atoms with E-state index in [9.17, 15) is 0 Å². The van der Waals surface area contributed by atoms with E-state index < -0.39 is 11.4 Å². The lowest BCUT2D eigenvalue weighted by molar-refractivity contribution is 0.0243. The molecule has 72 heavy (non-hydrogen) atoms. The van der Waals surface area contributed by atoms with Crippen LogP contribution >= 0.6 is 0 Å². The van der Waals surface area contributed by atoms with Crippen LogP contribution in [-0.2, 0) is 0 Å². The first-order valence-corrected chi connectivity index (χ1v) is 27.3. The molecule has 11 heteroatoms. The van der Waals surface area contributed by atoms with Crippen LogP contribution in [0, 0.1) is 0 Å². The van der Waals surface area contributed by atoms with Crippen molar-refractivity contribution in [1.29, 1.82) is 0 Å². The molecule has 0 aliphatic carbocycles.